The zero-order chi connectivity index (χ0) is 20.2. The summed E-state index contributed by atoms with van der Waals surface area (Å²) < 4.78 is 38.1. The van der Waals surface area contributed by atoms with Crippen LogP contribution in [0.2, 0.25) is 25.7 Å². The van der Waals surface area contributed by atoms with Gasteiger partial charge in [-0.25, -0.2) is 12.7 Å². The maximum absolute atomic E-state index is 13.2. The topological polar surface area (TPSA) is 113 Å². The van der Waals surface area contributed by atoms with Crippen LogP contribution in [0.15, 0.2) is 39.8 Å². The van der Waals surface area contributed by atoms with Crippen LogP contribution in [-0.2, 0) is 14.8 Å². The normalized spacial score (nSPS) is 12.2. The molecule has 0 fully saturated rings. The highest BCUT2D eigenvalue weighted by Gasteiger charge is 2.32. The monoisotopic (exact) mass is 412 g/mol. The summed E-state index contributed by atoms with van der Waals surface area (Å²) in [6.45, 7) is 8.42. The maximum atomic E-state index is 13.2. The summed E-state index contributed by atoms with van der Waals surface area (Å²) in [6.07, 6.45) is 0. The van der Waals surface area contributed by atoms with E-state index in [-0.39, 0.29) is 23.0 Å². The number of sulfonamides is 1. The van der Waals surface area contributed by atoms with Crippen molar-refractivity contribution in [1.82, 2.24) is 5.16 Å². The van der Waals surface area contributed by atoms with E-state index in [0.29, 0.717) is 12.3 Å². The molecule has 0 spiro atoms. The standard InChI is InChI=1S/C16H25BN2O6SSi/c1-13-11-16(25-18-13)19(12-24-9-10-27(2,3)4)26(22,23)15-8-6-5-7-14(15)17(20)21/h5-8,11,20-21H,9-10,12H2,1-4H3. The molecule has 1 aromatic carbocycles. The van der Waals surface area contributed by atoms with Gasteiger partial charge in [0.2, 0.25) is 5.88 Å². The summed E-state index contributed by atoms with van der Waals surface area (Å²) in [5, 5.41) is 22.8. The Hall–Kier alpha value is -1.66. The van der Waals surface area contributed by atoms with Gasteiger partial charge in [-0.1, -0.05) is 43.0 Å². The first-order valence-corrected chi connectivity index (χ1v) is 13.7. The fourth-order valence-electron chi connectivity index (χ4n) is 2.29. The van der Waals surface area contributed by atoms with Crippen molar-refractivity contribution in [3.63, 3.8) is 0 Å². The molecule has 0 saturated heterocycles. The molecule has 1 heterocycles. The third kappa shape index (κ3) is 5.66. The lowest BCUT2D eigenvalue weighted by atomic mass is 9.80. The number of anilines is 1. The Bertz CT molecular complexity index is 866. The van der Waals surface area contributed by atoms with E-state index in [1.807, 2.05) is 0 Å². The van der Waals surface area contributed by atoms with Gasteiger partial charge in [-0.05, 0) is 19.0 Å². The van der Waals surface area contributed by atoms with Gasteiger partial charge in [0.1, 0.15) is 6.73 Å². The van der Waals surface area contributed by atoms with Crippen LogP contribution in [0.1, 0.15) is 5.69 Å². The first-order valence-electron chi connectivity index (χ1n) is 8.51. The lowest BCUT2D eigenvalue weighted by Crippen LogP contribution is -2.40. The second-order valence-corrected chi connectivity index (χ2v) is 14.9. The predicted molar refractivity (Wildman–Crippen MR) is 106 cm³/mol. The zero-order valence-electron chi connectivity index (χ0n) is 15.9. The first kappa shape index (κ1) is 21.6. The number of ether oxygens (including phenoxy) is 1. The van der Waals surface area contributed by atoms with Crippen LogP contribution in [0.3, 0.4) is 0 Å². The Morgan fingerprint density at radius 1 is 1.26 bits per heavy atom. The Morgan fingerprint density at radius 3 is 2.48 bits per heavy atom. The second-order valence-electron chi connectivity index (χ2n) is 7.42. The zero-order valence-corrected chi connectivity index (χ0v) is 17.7. The van der Waals surface area contributed by atoms with E-state index in [2.05, 4.69) is 24.8 Å². The molecule has 0 bridgehead atoms. The molecule has 0 amide bonds. The van der Waals surface area contributed by atoms with Crippen LogP contribution in [0.25, 0.3) is 0 Å². The number of nitrogens with zero attached hydrogens (tertiary/aromatic N) is 2. The molecular weight excluding hydrogens is 387 g/mol. The third-order valence-electron chi connectivity index (χ3n) is 3.83. The SMILES string of the molecule is Cc1cc(N(COCC[Si](C)(C)C)S(=O)(=O)c2ccccc2B(O)O)on1. The number of aromatic nitrogens is 1. The number of hydrogen-bond donors (Lipinski definition) is 2. The van der Waals surface area contributed by atoms with Gasteiger partial charge >= 0.3 is 7.12 Å². The highest BCUT2D eigenvalue weighted by atomic mass is 32.2. The van der Waals surface area contributed by atoms with Crippen molar-refractivity contribution in [1.29, 1.82) is 0 Å². The minimum atomic E-state index is -4.17. The molecule has 148 valence electrons. The molecule has 0 radical (unpaired) electrons. The quantitative estimate of drug-likeness (QED) is 0.361. The summed E-state index contributed by atoms with van der Waals surface area (Å²) in [5.74, 6) is 0.00253. The van der Waals surface area contributed by atoms with Gasteiger partial charge in [0.05, 0.1) is 10.6 Å². The molecule has 0 unspecified atom stereocenters. The minimum Gasteiger partial charge on any atom is -0.423 e. The van der Waals surface area contributed by atoms with Gasteiger partial charge in [0, 0.05) is 26.2 Å². The van der Waals surface area contributed by atoms with Crippen molar-refractivity contribution in [2.24, 2.45) is 0 Å². The highest BCUT2D eigenvalue weighted by Crippen LogP contribution is 2.24. The van der Waals surface area contributed by atoms with Crippen molar-refractivity contribution >= 4 is 36.6 Å². The van der Waals surface area contributed by atoms with Crippen molar-refractivity contribution in [2.45, 2.75) is 37.5 Å². The predicted octanol–water partition coefficient (Wildman–Crippen LogP) is 1.17. The maximum Gasteiger partial charge on any atom is 0.489 e. The molecule has 0 aliphatic heterocycles. The van der Waals surface area contributed by atoms with Gasteiger partial charge in [-0.15, -0.1) is 0 Å². The average molecular weight is 412 g/mol. The van der Waals surface area contributed by atoms with Crippen LogP contribution in [0.5, 0.6) is 0 Å². The van der Waals surface area contributed by atoms with E-state index in [9.17, 15) is 18.5 Å². The Kier molecular flexibility index (Phi) is 6.87. The molecule has 11 heteroatoms. The van der Waals surface area contributed by atoms with E-state index in [0.717, 1.165) is 10.3 Å². The molecule has 8 nitrogen and oxygen atoms in total. The lowest BCUT2D eigenvalue weighted by molar-refractivity contribution is 0.153. The lowest BCUT2D eigenvalue weighted by Gasteiger charge is -2.23. The molecule has 27 heavy (non-hydrogen) atoms. The Balaban J connectivity index is 2.35. The summed E-state index contributed by atoms with van der Waals surface area (Å²) >= 11 is 0. The van der Waals surface area contributed by atoms with E-state index in [1.165, 1.54) is 30.3 Å². The van der Waals surface area contributed by atoms with Crippen LogP contribution < -0.4 is 9.77 Å². The minimum absolute atomic E-state index is 0.00253. The van der Waals surface area contributed by atoms with Crippen molar-refractivity contribution in [3.8, 4) is 0 Å². The number of benzene rings is 1. The fraction of sp³-hybridized carbons (Fsp3) is 0.438. The Morgan fingerprint density at radius 2 is 1.93 bits per heavy atom. The summed E-state index contributed by atoms with van der Waals surface area (Å²) in [4.78, 5) is -0.233. The van der Waals surface area contributed by atoms with E-state index >= 15 is 0 Å². The van der Waals surface area contributed by atoms with E-state index in [1.54, 1.807) is 6.92 Å². The van der Waals surface area contributed by atoms with Gasteiger partial charge in [0.25, 0.3) is 10.0 Å². The van der Waals surface area contributed by atoms with Gasteiger partial charge in [0.15, 0.2) is 0 Å². The molecule has 0 saturated carbocycles. The molecule has 0 atom stereocenters. The number of hydrogen-bond acceptors (Lipinski definition) is 7. The van der Waals surface area contributed by atoms with Crippen LogP contribution in [0, 0.1) is 6.92 Å². The van der Waals surface area contributed by atoms with Crippen molar-refractivity contribution in [2.75, 3.05) is 17.6 Å². The van der Waals surface area contributed by atoms with Crippen LogP contribution in [-0.4, -0.2) is 52.2 Å². The van der Waals surface area contributed by atoms with E-state index in [4.69, 9.17) is 9.26 Å². The van der Waals surface area contributed by atoms with Crippen LogP contribution >= 0.6 is 0 Å². The molecular formula is C16H25BN2O6SSi. The molecule has 2 aromatic rings. The molecule has 0 aliphatic carbocycles. The largest absolute Gasteiger partial charge is 0.489 e. The van der Waals surface area contributed by atoms with Crippen LogP contribution in [0.4, 0.5) is 5.88 Å². The van der Waals surface area contributed by atoms with Gasteiger partial charge in [-0.2, -0.15) is 0 Å². The van der Waals surface area contributed by atoms with Gasteiger partial charge < -0.3 is 19.3 Å². The number of aryl methyl sites for hydroxylation is 1. The average Bonchev–Trinajstić information content (AvgIpc) is 2.99. The molecule has 1 aromatic heterocycles. The first-order chi connectivity index (χ1) is 12.5. The Labute approximate surface area is 161 Å². The summed E-state index contributed by atoms with van der Waals surface area (Å²) in [6, 6.07) is 8.05. The highest BCUT2D eigenvalue weighted by molar-refractivity contribution is 7.93. The summed E-state index contributed by atoms with van der Waals surface area (Å²) in [7, 11) is -7.43. The molecule has 2 rings (SSSR count). The molecule has 2 N–H and O–H groups in total. The van der Waals surface area contributed by atoms with Crippen molar-refractivity contribution in [3.05, 3.63) is 36.0 Å². The van der Waals surface area contributed by atoms with Crippen molar-refractivity contribution < 1.29 is 27.7 Å². The fourth-order valence-corrected chi connectivity index (χ4v) is 4.54. The smallest absolute Gasteiger partial charge is 0.423 e. The van der Waals surface area contributed by atoms with Gasteiger partial charge in [-0.3, -0.25) is 0 Å². The van der Waals surface area contributed by atoms with E-state index < -0.39 is 25.2 Å². The summed E-state index contributed by atoms with van der Waals surface area (Å²) in [5.41, 5.74) is 0.392. The second kappa shape index (κ2) is 8.57. The molecule has 0 aliphatic rings. The third-order valence-corrected chi connectivity index (χ3v) is 7.33. The number of rotatable bonds is 9.